The molecule has 0 bridgehead atoms. The van der Waals surface area contributed by atoms with Gasteiger partial charge in [-0.2, -0.15) is 10.1 Å². The molecule has 0 fully saturated rings. The predicted molar refractivity (Wildman–Crippen MR) is 47.5 cm³/mol. The Morgan fingerprint density at radius 2 is 2.43 bits per heavy atom. The van der Waals surface area contributed by atoms with Crippen LogP contribution in [0.25, 0.3) is 0 Å². The third-order valence-corrected chi connectivity index (χ3v) is 1.71. The van der Waals surface area contributed by atoms with Crippen molar-refractivity contribution in [3.05, 3.63) is 18.0 Å². The molecule has 74 valence electrons. The molecule has 0 aliphatic heterocycles. The van der Waals surface area contributed by atoms with E-state index >= 15 is 0 Å². The molecule has 1 atom stereocenters. The minimum Gasteiger partial charge on any atom is -0.328 e. The number of hydrogen-bond donors (Lipinski definition) is 2. The molecule has 14 heavy (non-hydrogen) atoms. The van der Waals surface area contributed by atoms with Gasteiger partial charge in [0, 0.05) is 0 Å². The molecule has 0 aliphatic rings. The van der Waals surface area contributed by atoms with Gasteiger partial charge in [0.25, 0.3) is 0 Å². The topological polar surface area (TPSA) is 92.5 Å². The minimum absolute atomic E-state index is 0.0441. The van der Waals surface area contributed by atoms with E-state index in [9.17, 15) is 0 Å². The summed E-state index contributed by atoms with van der Waals surface area (Å²) in [6.07, 6.45) is 1.45. The molecule has 0 radical (unpaired) electrons. The van der Waals surface area contributed by atoms with E-state index in [1.165, 1.54) is 6.33 Å². The fourth-order valence-electron chi connectivity index (χ4n) is 1.03. The molecular formula is C7H10N6O. The summed E-state index contributed by atoms with van der Waals surface area (Å²) < 4.78 is 4.90. The normalized spacial score (nSPS) is 12.7. The first-order valence-corrected chi connectivity index (χ1v) is 4.18. The van der Waals surface area contributed by atoms with Crippen LogP contribution >= 0.6 is 0 Å². The van der Waals surface area contributed by atoms with Gasteiger partial charge in [-0.05, 0) is 13.8 Å². The third-order valence-electron chi connectivity index (χ3n) is 1.71. The van der Waals surface area contributed by atoms with Crippen molar-refractivity contribution in [2.24, 2.45) is 0 Å². The number of H-pyrrole nitrogens is 1. The molecule has 2 aromatic rings. The summed E-state index contributed by atoms with van der Waals surface area (Å²) >= 11 is 0. The maximum atomic E-state index is 4.90. The first-order chi connectivity index (χ1) is 6.75. The lowest BCUT2D eigenvalue weighted by molar-refractivity contribution is 0.422. The van der Waals surface area contributed by atoms with Crippen molar-refractivity contribution in [3.63, 3.8) is 0 Å². The maximum absolute atomic E-state index is 4.90. The Labute approximate surface area is 79.9 Å². The van der Waals surface area contributed by atoms with Crippen LogP contribution < -0.4 is 5.32 Å². The highest BCUT2D eigenvalue weighted by atomic mass is 16.5. The molecule has 2 rings (SSSR count). The van der Waals surface area contributed by atoms with Crippen molar-refractivity contribution in [3.8, 4) is 0 Å². The first kappa shape index (κ1) is 8.67. The molecule has 2 heterocycles. The maximum Gasteiger partial charge on any atom is 0.322 e. The number of hydrogen-bond acceptors (Lipinski definition) is 6. The number of anilines is 1. The van der Waals surface area contributed by atoms with Crippen LogP contribution in [0.1, 0.15) is 24.6 Å². The van der Waals surface area contributed by atoms with Crippen LogP contribution in [0.3, 0.4) is 0 Å². The molecule has 0 aliphatic carbocycles. The molecule has 2 aromatic heterocycles. The Morgan fingerprint density at radius 3 is 3.00 bits per heavy atom. The molecule has 2 N–H and O–H groups in total. The molecular weight excluding hydrogens is 184 g/mol. The average molecular weight is 194 g/mol. The molecule has 7 nitrogen and oxygen atoms in total. The summed E-state index contributed by atoms with van der Waals surface area (Å²) in [4.78, 5) is 8.01. The van der Waals surface area contributed by atoms with Gasteiger partial charge in [-0.1, -0.05) is 5.16 Å². The highest BCUT2D eigenvalue weighted by Gasteiger charge is 2.11. The van der Waals surface area contributed by atoms with E-state index in [1.807, 2.05) is 6.92 Å². The van der Waals surface area contributed by atoms with E-state index in [0.717, 1.165) is 5.82 Å². The van der Waals surface area contributed by atoms with Crippen LogP contribution in [-0.4, -0.2) is 25.3 Å². The van der Waals surface area contributed by atoms with Crippen LogP contribution in [0.2, 0.25) is 0 Å². The van der Waals surface area contributed by atoms with Gasteiger partial charge in [0.05, 0.1) is 6.04 Å². The lowest BCUT2D eigenvalue weighted by atomic mass is 10.3. The van der Waals surface area contributed by atoms with Gasteiger partial charge in [-0.3, -0.25) is 5.10 Å². The third kappa shape index (κ3) is 1.70. The summed E-state index contributed by atoms with van der Waals surface area (Å²) in [5, 5.41) is 13.1. The summed E-state index contributed by atoms with van der Waals surface area (Å²) in [6, 6.07) is 0.337. The van der Waals surface area contributed by atoms with E-state index < -0.39 is 0 Å². The number of rotatable bonds is 3. The number of nitrogens with zero attached hydrogens (tertiary/aromatic N) is 4. The molecule has 0 spiro atoms. The van der Waals surface area contributed by atoms with Crippen LogP contribution in [0.4, 0.5) is 6.01 Å². The van der Waals surface area contributed by atoms with E-state index in [4.69, 9.17) is 4.52 Å². The van der Waals surface area contributed by atoms with Gasteiger partial charge >= 0.3 is 6.01 Å². The zero-order valence-corrected chi connectivity index (χ0v) is 7.85. The molecule has 0 saturated heterocycles. The SMILES string of the molecule is Cc1noc(NC(C)c2ncn[nH]2)n1. The Balaban J connectivity index is 2.05. The van der Waals surface area contributed by atoms with Crippen molar-refractivity contribution in [1.82, 2.24) is 25.3 Å². The zero-order valence-electron chi connectivity index (χ0n) is 7.85. The number of nitrogens with one attached hydrogen (secondary N) is 2. The monoisotopic (exact) mass is 194 g/mol. The highest BCUT2D eigenvalue weighted by Crippen LogP contribution is 2.12. The summed E-state index contributed by atoms with van der Waals surface area (Å²) in [7, 11) is 0. The molecule has 1 unspecified atom stereocenters. The molecule has 7 heteroatoms. The average Bonchev–Trinajstić information content (AvgIpc) is 2.75. The predicted octanol–water partition coefficient (Wildman–Crippen LogP) is 0.669. The van der Waals surface area contributed by atoms with E-state index in [-0.39, 0.29) is 6.04 Å². The second-order valence-electron chi connectivity index (χ2n) is 2.88. The van der Waals surface area contributed by atoms with Crippen molar-refractivity contribution >= 4 is 6.01 Å². The van der Waals surface area contributed by atoms with Crippen molar-refractivity contribution in [2.45, 2.75) is 19.9 Å². The first-order valence-electron chi connectivity index (χ1n) is 4.18. The van der Waals surface area contributed by atoms with Crippen LogP contribution in [-0.2, 0) is 0 Å². The number of aryl methyl sites for hydroxylation is 1. The Bertz CT molecular complexity index is 394. The van der Waals surface area contributed by atoms with E-state index in [0.29, 0.717) is 11.8 Å². The number of aromatic nitrogens is 5. The van der Waals surface area contributed by atoms with Gasteiger partial charge in [0.2, 0.25) is 0 Å². The van der Waals surface area contributed by atoms with Gasteiger partial charge in [0.1, 0.15) is 12.2 Å². The van der Waals surface area contributed by atoms with E-state index in [2.05, 4.69) is 30.6 Å². The van der Waals surface area contributed by atoms with Crippen LogP contribution in [0, 0.1) is 6.92 Å². The van der Waals surface area contributed by atoms with Crippen molar-refractivity contribution in [2.75, 3.05) is 5.32 Å². The van der Waals surface area contributed by atoms with Gasteiger partial charge < -0.3 is 9.84 Å². The van der Waals surface area contributed by atoms with E-state index in [1.54, 1.807) is 6.92 Å². The lowest BCUT2D eigenvalue weighted by Crippen LogP contribution is -2.08. The lowest BCUT2D eigenvalue weighted by Gasteiger charge is -2.06. The van der Waals surface area contributed by atoms with Gasteiger partial charge in [-0.15, -0.1) is 0 Å². The quantitative estimate of drug-likeness (QED) is 0.745. The molecule has 0 aromatic carbocycles. The largest absolute Gasteiger partial charge is 0.328 e. The van der Waals surface area contributed by atoms with Crippen LogP contribution in [0.5, 0.6) is 0 Å². The second-order valence-corrected chi connectivity index (χ2v) is 2.88. The standard InChI is InChI=1S/C7H10N6O/c1-4(6-8-3-9-12-6)10-7-11-5(2)13-14-7/h3-4H,1-2H3,(H,8,9,12)(H,10,11,13). The number of aromatic amines is 1. The van der Waals surface area contributed by atoms with Gasteiger partial charge in [-0.25, -0.2) is 4.98 Å². The Kier molecular flexibility index (Phi) is 2.13. The minimum atomic E-state index is -0.0441. The fraction of sp³-hybridized carbons (Fsp3) is 0.429. The summed E-state index contributed by atoms with van der Waals surface area (Å²) in [5.41, 5.74) is 0. The smallest absolute Gasteiger partial charge is 0.322 e. The Morgan fingerprint density at radius 1 is 1.57 bits per heavy atom. The van der Waals surface area contributed by atoms with Crippen LogP contribution in [0.15, 0.2) is 10.9 Å². The van der Waals surface area contributed by atoms with Crippen molar-refractivity contribution in [1.29, 1.82) is 0 Å². The second kappa shape index (κ2) is 3.44. The van der Waals surface area contributed by atoms with Crippen molar-refractivity contribution < 1.29 is 4.52 Å². The Hall–Kier alpha value is -1.92. The fourth-order valence-corrected chi connectivity index (χ4v) is 1.03. The molecule has 0 saturated carbocycles. The summed E-state index contributed by atoms with van der Waals surface area (Å²) in [6.45, 7) is 3.67. The molecule has 0 amide bonds. The highest BCUT2D eigenvalue weighted by molar-refractivity contribution is 5.21. The zero-order chi connectivity index (χ0) is 9.97. The van der Waals surface area contributed by atoms with Gasteiger partial charge in [0.15, 0.2) is 5.82 Å². The summed E-state index contributed by atoms with van der Waals surface area (Å²) in [5.74, 6) is 1.32.